The van der Waals surface area contributed by atoms with Gasteiger partial charge in [-0.3, -0.25) is 4.99 Å². The predicted octanol–water partition coefficient (Wildman–Crippen LogP) is 3.69. The van der Waals surface area contributed by atoms with E-state index in [1.807, 2.05) is 0 Å². The third-order valence-electron chi connectivity index (χ3n) is 3.53. The predicted molar refractivity (Wildman–Crippen MR) is 61.7 cm³/mol. The van der Waals surface area contributed by atoms with E-state index in [9.17, 15) is 0 Å². The van der Waals surface area contributed by atoms with Gasteiger partial charge in [0.25, 0.3) is 0 Å². The molecule has 0 atom stereocenters. The molecule has 1 aromatic rings. The third kappa shape index (κ3) is 1.05. The normalized spacial score (nSPS) is 17.9. The van der Waals surface area contributed by atoms with E-state index in [0.717, 1.165) is 5.69 Å². The molecule has 0 spiro atoms. The van der Waals surface area contributed by atoms with Crippen LogP contribution in [-0.2, 0) is 5.41 Å². The number of aliphatic imine (C=N–C) groups is 1. The average molecular weight is 187 g/mol. The maximum Gasteiger partial charge on any atom is 0.0673 e. The van der Waals surface area contributed by atoms with E-state index in [4.69, 9.17) is 0 Å². The molecular formula is C13H17N. The Morgan fingerprint density at radius 1 is 1.07 bits per heavy atom. The molecular weight excluding hydrogens is 170 g/mol. The zero-order valence-corrected chi connectivity index (χ0v) is 9.60. The molecule has 1 heterocycles. The van der Waals surface area contributed by atoms with Crippen LogP contribution in [0.15, 0.2) is 17.1 Å². The van der Waals surface area contributed by atoms with Crippen LogP contribution in [-0.4, -0.2) is 5.71 Å². The lowest BCUT2D eigenvalue weighted by Gasteiger charge is -2.22. The summed E-state index contributed by atoms with van der Waals surface area (Å²) < 4.78 is 0. The van der Waals surface area contributed by atoms with Crippen molar-refractivity contribution in [3.05, 3.63) is 28.8 Å². The van der Waals surface area contributed by atoms with E-state index in [-0.39, 0.29) is 5.41 Å². The highest BCUT2D eigenvalue weighted by Crippen LogP contribution is 2.42. The fraction of sp³-hybridized carbons (Fsp3) is 0.462. The lowest BCUT2D eigenvalue weighted by atomic mass is 9.79. The molecule has 1 heteroatoms. The minimum Gasteiger partial charge on any atom is -0.257 e. The van der Waals surface area contributed by atoms with Crippen molar-refractivity contribution in [3.8, 4) is 0 Å². The Labute approximate surface area is 85.9 Å². The minimum absolute atomic E-state index is 0.117. The summed E-state index contributed by atoms with van der Waals surface area (Å²) in [6, 6.07) is 4.29. The Morgan fingerprint density at radius 2 is 1.71 bits per heavy atom. The van der Waals surface area contributed by atoms with E-state index in [2.05, 4.69) is 51.7 Å². The molecule has 0 fully saturated rings. The molecule has 0 N–H and O–H groups in total. The van der Waals surface area contributed by atoms with Crippen molar-refractivity contribution < 1.29 is 0 Å². The van der Waals surface area contributed by atoms with E-state index >= 15 is 0 Å². The first-order valence-corrected chi connectivity index (χ1v) is 5.11. The molecule has 1 aromatic carbocycles. The highest BCUT2D eigenvalue weighted by molar-refractivity contribution is 6.00. The van der Waals surface area contributed by atoms with Gasteiger partial charge in [-0.05, 0) is 43.5 Å². The monoisotopic (exact) mass is 187 g/mol. The SMILES string of the molecule is CC1=Nc2ccc(C)c(C)c2C1(C)C. The van der Waals surface area contributed by atoms with Gasteiger partial charge in [-0.25, -0.2) is 0 Å². The van der Waals surface area contributed by atoms with Gasteiger partial charge >= 0.3 is 0 Å². The molecule has 0 unspecified atom stereocenters. The Bertz CT molecular complexity index is 425. The highest BCUT2D eigenvalue weighted by atomic mass is 14.8. The fourth-order valence-corrected chi connectivity index (χ4v) is 2.18. The molecule has 74 valence electrons. The molecule has 1 nitrogen and oxygen atoms in total. The topological polar surface area (TPSA) is 12.4 Å². The standard InChI is InChI=1S/C13H17N/c1-8-6-7-11-12(9(8)2)13(4,5)10(3)14-11/h6-7H,1-5H3. The van der Waals surface area contributed by atoms with Crippen LogP contribution in [0.25, 0.3) is 0 Å². The molecule has 0 saturated carbocycles. The number of aryl methyl sites for hydroxylation is 1. The maximum absolute atomic E-state index is 4.62. The lowest BCUT2D eigenvalue weighted by Crippen LogP contribution is -2.23. The Hall–Kier alpha value is -1.11. The van der Waals surface area contributed by atoms with Crippen molar-refractivity contribution in [2.45, 2.75) is 40.0 Å². The summed E-state index contributed by atoms with van der Waals surface area (Å²) in [4.78, 5) is 4.62. The zero-order chi connectivity index (χ0) is 10.5. The lowest BCUT2D eigenvalue weighted by molar-refractivity contribution is 0.726. The van der Waals surface area contributed by atoms with Gasteiger partial charge in [0.05, 0.1) is 5.69 Å². The Balaban J connectivity index is 2.75. The number of nitrogens with zero attached hydrogens (tertiary/aromatic N) is 1. The van der Waals surface area contributed by atoms with Crippen LogP contribution in [0.3, 0.4) is 0 Å². The van der Waals surface area contributed by atoms with E-state index in [1.165, 1.54) is 22.4 Å². The fourth-order valence-electron chi connectivity index (χ4n) is 2.18. The number of hydrogen-bond donors (Lipinski definition) is 0. The van der Waals surface area contributed by atoms with Gasteiger partial charge in [0.2, 0.25) is 0 Å². The van der Waals surface area contributed by atoms with Crippen molar-refractivity contribution in [2.75, 3.05) is 0 Å². The van der Waals surface area contributed by atoms with Crippen LogP contribution in [0.2, 0.25) is 0 Å². The van der Waals surface area contributed by atoms with Crippen molar-refractivity contribution >= 4 is 11.4 Å². The first kappa shape index (κ1) is 9.45. The second kappa shape index (κ2) is 2.69. The summed E-state index contributed by atoms with van der Waals surface area (Å²) in [5, 5.41) is 0. The molecule has 1 aliphatic heterocycles. The summed E-state index contributed by atoms with van der Waals surface area (Å²) in [6.45, 7) is 11.0. The van der Waals surface area contributed by atoms with Crippen LogP contribution < -0.4 is 0 Å². The highest BCUT2D eigenvalue weighted by Gasteiger charge is 2.33. The summed E-state index contributed by atoms with van der Waals surface area (Å²) >= 11 is 0. The first-order chi connectivity index (χ1) is 6.44. The Morgan fingerprint density at radius 3 is 2.36 bits per heavy atom. The molecule has 0 amide bonds. The van der Waals surface area contributed by atoms with E-state index < -0.39 is 0 Å². The molecule has 0 aromatic heterocycles. The van der Waals surface area contributed by atoms with E-state index in [0.29, 0.717) is 0 Å². The number of hydrogen-bond acceptors (Lipinski definition) is 1. The molecule has 0 aliphatic carbocycles. The molecule has 0 radical (unpaired) electrons. The largest absolute Gasteiger partial charge is 0.257 e. The number of fused-ring (bicyclic) bond motifs is 1. The van der Waals surface area contributed by atoms with Gasteiger partial charge in [-0.15, -0.1) is 0 Å². The van der Waals surface area contributed by atoms with Crippen molar-refractivity contribution in [2.24, 2.45) is 4.99 Å². The first-order valence-electron chi connectivity index (χ1n) is 5.11. The summed E-state index contributed by atoms with van der Waals surface area (Å²) in [7, 11) is 0. The summed E-state index contributed by atoms with van der Waals surface area (Å²) in [6.07, 6.45) is 0. The van der Waals surface area contributed by atoms with Gasteiger partial charge in [-0.2, -0.15) is 0 Å². The molecule has 0 bridgehead atoms. The molecule has 2 rings (SSSR count). The summed E-state index contributed by atoms with van der Waals surface area (Å²) in [5.74, 6) is 0. The molecule has 1 aliphatic rings. The maximum atomic E-state index is 4.62. The quantitative estimate of drug-likeness (QED) is 0.587. The molecule has 14 heavy (non-hydrogen) atoms. The van der Waals surface area contributed by atoms with Gasteiger partial charge in [0, 0.05) is 11.1 Å². The smallest absolute Gasteiger partial charge is 0.0673 e. The second-order valence-corrected chi connectivity index (χ2v) is 4.72. The zero-order valence-electron chi connectivity index (χ0n) is 9.60. The third-order valence-corrected chi connectivity index (χ3v) is 3.53. The van der Waals surface area contributed by atoms with Crippen LogP contribution >= 0.6 is 0 Å². The van der Waals surface area contributed by atoms with Gasteiger partial charge in [0.15, 0.2) is 0 Å². The van der Waals surface area contributed by atoms with Crippen LogP contribution in [0, 0.1) is 13.8 Å². The molecule has 0 saturated heterocycles. The number of benzene rings is 1. The van der Waals surface area contributed by atoms with Crippen LogP contribution in [0.5, 0.6) is 0 Å². The van der Waals surface area contributed by atoms with Gasteiger partial charge in [-0.1, -0.05) is 19.9 Å². The van der Waals surface area contributed by atoms with Crippen LogP contribution in [0.1, 0.15) is 37.5 Å². The van der Waals surface area contributed by atoms with Crippen molar-refractivity contribution in [1.29, 1.82) is 0 Å². The van der Waals surface area contributed by atoms with Gasteiger partial charge in [0.1, 0.15) is 0 Å². The minimum atomic E-state index is 0.117. The van der Waals surface area contributed by atoms with Crippen molar-refractivity contribution in [3.63, 3.8) is 0 Å². The second-order valence-electron chi connectivity index (χ2n) is 4.72. The Kier molecular flexibility index (Phi) is 1.82. The van der Waals surface area contributed by atoms with Crippen LogP contribution in [0.4, 0.5) is 5.69 Å². The van der Waals surface area contributed by atoms with Gasteiger partial charge < -0.3 is 0 Å². The average Bonchev–Trinajstić information content (AvgIpc) is 2.32. The number of rotatable bonds is 0. The summed E-state index contributed by atoms with van der Waals surface area (Å²) in [5.41, 5.74) is 6.67. The van der Waals surface area contributed by atoms with Crippen molar-refractivity contribution in [1.82, 2.24) is 0 Å². The van der Waals surface area contributed by atoms with E-state index in [1.54, 1.807) is 0 Å².